The van der Waals surface area contributed by atoms with Gasteiger partial charge in [-0.1, -0.05) is 20.8 Å². The minimum absolute atomic E-state index is 0.107. The van der Waals surface area contributed by atoms with Gasteiger partial charge in [0.15, 0.2) is 0 Å². The lowest BCUT2D eigenvalue weighted by Gasteiger charge is -2.17. The Morgan fingerprint density at radius 2 is 2.00 bits per heavy atom. The van der Waals surface area contributed by atoms with Gasteiger partial charge in [-0.3, -0.25) is 4.57 Å². The van der Waals surface area contributed by atoms with E-state index >= 15 is 0 Å². The molecule has 0 aliphatic carbocycles. The summed E-state index contributed by atoms with van der Waals surface area (Å²) in [5, 5.41) is 0. The van der Waals surface area contributed by atoms with Crippen molar-refractivity contribution in [2.24, 2.45) is 0 Å². The molecule has 0 aromatic carbocycles. The van der Waals surface area contributed by atoms with Crippen molar-refractivity contribution in [2.45, 2.75) is 39.7 Å². The van der Waals surface area contributed by atoms with Crippen molar-refractivity contribution in [2.75, 3.05) is 5.73 Å². The molecule has 0 amide bonds. The highest BCUT2D eigenvalue weighted by Crippen LogP contribution is 2.24. The molecule has 0 atom stereocenters. The first-order chi connectivity index (χ1) is 5.88. The second kappa shape index (κ2) is 2.94. The van der Waals surface area contributed by atoms with Gasteiger partial charge in [-0.15, -0.1) is 0 Å². The number of H-pyrrole nitrogens is 1. The van der Waals surface area contributed by atoms with Crippen molar-refractivity contribution in [1.29, 1.82) is 0 Å². The minimum Gasteiger partial charge on any atom is -0.384 e. The second-order valence-electron chi connectivity index (χ2n) is 4.18. The van der Waals surface area contributed by atoms with Crippen LogP contribution in [-0.4, -0.2) is 9.55 Å². The molecular formula is C9H17N3O. The number of rotatable bonds is 1. The lowest BCUT2D eigenvalue weighted by molar-refractivity contribution is 0.573. The van der Waals surface area contributed by atoms with Gasteiger partial charge in [0.2, 0.25) is 0 Å². The van der Waals surface area contributed by atoms with Gasteiger partial charge < -0.3 is 10.7 Å². The van der Waals surface area contributed by atoms with Gasteiger partial charge in [0.05, 0.1) is 5.69 Å². The van der Waals surface area contributed by atoms with Crippen LogP contribution in [0.3, 0.4) is 0 Å². The largest absolute Gasteiger partial charge is 0.384 e. The third-order valence-corrected chi connectivity index (χ3v) is 2.09. The zero-order valence-electron chi connectivity index (χ0n) is 8.64. The molecule has 0 aliphatic rings. The average molecular weight is 183 g/mol. The minimum atomic E-state index is -0.120. The lowest BCUT2D eigenvalue weighted by Crippen LogP contribution is -2.16. The normalized spacial score (nSPS) is 12.0. The molecule has 0 aliphatic heterocycles. The summed E-state index contributed by atoms with van der Waals surface area (Å²) in [6, 6.07) is 0. The highest BCUT2D eigenvalue weighted by molar-refractivity contribution is 5.40. The molecular weight excluding hydrogens is 166 g/mol. The molecule has 0 bridgehead atoms. The number of anilines is 1. The molecule has 1 aromatic rings. The second-order valence-corrected chi connectivity index (χ2v) is 4.18. The lowest BCUT2D eigenvalue weighted by atomic mass is 9.92. The highest BCUT2D eigenvalue weighted by Gasteiger charge is 2.21. The quantitative estimate of drug-likeness (QED) is 0.684. The van der Waals surface area contributed by atoms with Gasteiger partial charge in [-0.2, -0.15) is 0 Å². The van der Waals surface area contributed by atoms with Crippen LogP contribution in [0.1, 0.15) is 33.4 Å². The summed E-state index contributed by atoms with van der Waals surface area (Å²) in [4.78, 5) is 14.2. The molecule has 74 valence electrons. The summed E-state index contributed by atoms with van der Waals surface area (Å²) < 4.78 is 1.54. The standard InChI is InChI=1S/C9H17N3O/c1-5-12-7(10)6(9(2,3)4)11-8(12)13/h5,10H2,1-4H3,(H,11,13). The van der Waals surface area contributed by atoms with Crippen LogP contribution in [0.5, 0.6) is 0 Å². The number of nitrogens with zero attached hydrogens (tertiary/aromatic N) is 1. The summed E-state index contributed by atoms with van der Waals surface area (Å²) >= 11 is 0. The number of aromatic nitrogens is 2. The fourth-order valence-corrected chi connectivity index (χ4v) is 1.37. The number of hydrogen-bond donors (Lipinski definition) is 2. The van der Waals surface area contributed by atoms with Gasteiger partial charge in [0.1, 0.15) is 5.82 Å². The average Bonchev–Trinajstić information content (AvgIpc) is 2.25. The maximum atomic E-state index is 11.4. The van der Waals surface area contributed by atoms with E-state index in [0.29, 0.717) is 12.4 Å². The van der Waals surface area contributed by atoms with E-state index in [-0.39, 0.29) is 11.1 Å². The van der Waals surface area contributed by atoms with Crippen LogP contribution in [0.2, 0.25) is 0 Å². The zero-order valence-corrected chi connectivity index (χ0v) is 8.64. The molecule has 0 fully saturated rings. The van der Waals surface area contributed by atoms with Crippen LogP contribution < -0.4 is 11.4 Å². The molecule has 0 spiro atoms. The summed E-state index contributed by atoms with van der Waals surface area (Å²) in [6.07, 6.45) is 0. The Labute approximate surface area is 77.8 Å². The van der Waals surface area contributed by atoms with E-state index in [1.165, 1.54) is 0 Å². The van der Waals surface area contributed by atoms with E-state index in [9.17, 15) is 4.79 Å². The van der Waals surface area contributed by atoms with Gasteiger partial charge in [-0.25, -0.2) is 4.79 Å². The topological polar surface area (TPSA) is 63.8 Å². The van der Waals surface area contributed by atoms with Crippen LogP contribution in [0.25, 0.3) is 0 Å². The first-order valence-corrected chi connectivity index (χ1v) is 4.46. The Bertz CT molecular complexity index is 354. The molecule has 13 heavy (non-hydrogen) atoms. The van der Waals surface area contributed by atoms with Crippen LogP contribution in [-0.2, 0) is 12.0 Å². The van der Waals surface area contributed by atoms with Crippen LogP contribution >= 0.6 is 0 Å². The van der Waals surface area contributed by atoms with E-state index in [0.717, 1.165) is 5.69 Å². The maximum Gasteiger partial charge on any atom is 0.327 e. The molecule has 0 saturated carbocycles. The molecule has 1 heterocycles. The summed E-state index contributed by atoms with van der Waals surface area (Å²) in [5.41, 5.74) is 6.42. The Kier molecular flexibility index (Phi) is 2.24. The van der Waals surface area contributed by atoms with E-state index in [2.05, 4.69) is 4.98 Å². The van der Waals surface area contributed by atoms with Gasteiger partial charge in [-0.05, 0) is 6.92 Å². The zero-order chi connectivity index (χ0) is 10.2. The van der Waals surface area contributed by atoms with E-state index < -0.39 is 0 Å². The van der Waals surface area contributed by atoms with Crippen molar-refractivity contribution in [3.63, 3.8) is 0 Å². The van der Waals surface area contributed by atoms with E-state index in [4.69, 9.17) is 5.73 Å². The molecule has 0 radical (unpaired) electrons. The number of nitrogens with two attached hydrogens (primary N) is 1. The number of aromatic amines is 1. The molecule has 0 saturated heterocycles. The van der Waals surface area contributed by atoms with Gasteiger partial charge >= 0.3 is 5.69 Å². The maximum absolute atomic E-state index is 11.4. The number of imidazole rings is 1. The van der Waals surface area contributed by atoms with Crippen molar-refractivity contribution in [3.8, 4) is 0 Å². The molecule has 0 unspecified atom stereocenters. The van der Waals surface area contributed by atoms with Crippen LogP contribution in [0, 0.1) is 0 Å². The Morgan fingerprint density at radius 3 is 2.23 bits per heavy atom. The van der Waals surface area contributed by atoms with Gasteiger partial charge in [0.25, 0.3) is 0 Å². The van der Waals surface area contributed by atoms with Crippen molar-refractivity contribution < 1.29 is 0 Å². The molecule has 1 aromatic heterocycles. The third kappa shape index (κ3) is 1.61. The smallest absolute Gasteiger partial charge is 0.327 e. The van der Waals surface area contributed by atoms with Crippen LogP contribution in [0.4, 0.5) is 5.82 Å². The van der Waals surface area contributed by atoms with E-state index in [1.54, 1.807) is 4.57 Å². The number of nitrogens with one attached hydrogen (secondary N) is 1. The monoisotopic (exact) mass is 183 g/mol. The Balaban J connectivity index is 3.35. The van der Waals surface area contributed by atoms with Gasteiger partial charge in [0, 0.05) is 12.0 Å². The number of nitrogen functional groups attached to an aromatic ring is 1. The molecule has 1 rings (SSSR count). The predicted octanol–water partition coefficient (Wildman–Crippen LogP) is 1.08. The van der Waals surface area contributed by atoms with Crippen molar-refractivity contribution >= 4 is 5.82 Å². The fraction of sp³-hybridized carbons (Fsp3) is 0.667. The predicted molar refractivity (Wildman–Crippen MR) is 53.8 cm³/mol. The fourth-order valence-electron chi connectivity index (χ4n) is 1.37. The molecule has 4 heteroatoms. The molecule has 4 nitrogen and oxygen atoms in total. The summed E-state index contributed by atoms with van der Waals surface area (Å²) in [5.74, 6) is 0.556. The van der Waals surface area contributed by atoms with Crippen LogP contribution in [0.15, 0.2) is 4.79 Å². The van der Waals surface area contributed by atoms with Crippen molar-refractivity contribution in [1.82, 2.24) is 9.55 Å². The number of hydrogen-bond acceptors (Lipinski definition) is 2. The summed E-state index contributed by atoms with van der Waals surface area (Å²) in [6.45, 7) is 8.58. The molecule has 3 N–H and O–H groups in total. The van der Waals surface area contributed by atoms with Crippen molar-refractivity contribution in [3.05, 3.63) is 16.2 Å². The highest BCUT2D eigenvalue weighted by atomic mass is 16.1. The SMILES string of the molecule is CCn1c(N)c(C(C)(C)C)[nH]c1=O. The summed E-state index contributed by atoms with van der Waals surface area (Å²) in [7, 11) is 0. The Morgan fingerprint density at radius 1 is 1.46 bits per heavy atom. The van der Waals surface area contributed by atoms with E-state index in [1.807, 2.05) is 27.7 Å². The third-order valence-electron chi connectivity index (χ3n) is 2.09. The first kappa shape index (κ1) is 9.89. The first-order valence-electron chi connectivity index (χ1n) is 4.46. The Hall–Kier alpha value is -1.19.